The van der Waals surface area contributed by atoms with E-state index in [1.54, 1.807) is 31.1 Å². The number of nitrogens with zero attached hydrogens (tertiary/aromatic N) is 3. The van der Waals surface area contributed by atoms with E-state index < -0.39 is 16.6 Å². The van der Waals surface area contributed by atoms with E-state index in [0.29, 0.717) is 29.8 Å². The van der Waals surface area contributed by atoms with E-state index in [4.69, 9.17) is 4.74 Å². The quantitative estimate of drug-likeness (QED) is 0.129. The second-order valence-electron chi connectivity index (χ2n) is 10.8. The number of hydrogen-bond donors (Lipinski definition) is 1. The molecule has 4 aromatic carbocycles. The van der Waals surface area contributed by atoms with Gasteiger partial charge in [0.15, 0.2) is 0 Å². The number of H-pyrrole nitrogens is 1. The zero-order valence-electron chi connectivity index (χ0n) is 25.0. The van der Waals surface area contributed by atoms with Crippen molar-refractivity contribution < 1.29 is 23.6 Å². The minimum absolute atomic E-state index is 0.00251. The highest BCUT2D eigenvalue weighted by molar-refractivity contribution is 5.97. The molecule has 1 aromatic heterocycles. The highest BCUT2D eigenvalue weighted by Gasteiger charge is 2.25. The smallest absolute Gasteiger partial charge is 0.273 e. The van der Waals surface area contributed by atoms with E-state index in [9.17, 15) is 24.1 Å². The molecular formula is C35H33FN4O5. The van der Waals surface area contributed by atoms with E-state index in [1.807, 2.05) is 54.7 Å². The lowest BCUT2D eigenvalue weighted by Crippen LogP contribution is -2.43. The lowest BCUT2D eigenvalue weighted by molar-refractivity contribution is -0.385. The fourth-order valence-electron chi connectivity index (χ4n) is 5.32. The van der Waals surface area contributed by atoms with Crippen molar-refractivity contribution in [2.75, 3.05) is 20.2 Å². The number of hydrogen-bond acceptors (Lipinski definition) is 5. The van der Waals surface area contributed by atoms with Crippen LogP contribution in [0.2, 0.25) is 0 Å². The van der Waals surface area contributed by atoms with Gasteiger partial charge >= 0.3 is 0 Å². The highest BCUT2D eigenvalue weighted by atomic mass is 19.1. The molecule has 0 bridgehead atoms. The number of nitrogens with one attached hydrogen (secondary N) is 1. The van der Waals surface area contributed by atoms with Gasteiger partial charge in [0, 0.05) is 59.5 Å². The minimum Gasteiger partial charge on any atom is -0.496 e. The summed E-state index contributed by atoms with van der Waals surface area (Å²) in [6, 6.07) is 25.3. The first kappa shape index (κ1) is 30.9. The number of carbonyl (C=O) groups excluding carboxylic acids is 2. The maximum Gasteiger partial charge on any atom is 0.273 e. The first-order chi connectivity index (χ1) is 21.7. The first-order valence-corrected chi connectivity index (χ1v) is 14.5. The van der Waals surface area contributed by atoms with Gasteiger partial charge in [-0.2, -0.15) is 0 Å². The molecule has 1 N–H and O–H groups in total. The fourth-order valence-corrected chi connectivity index (χ4v) is 5.32. The Morgan fingerprint density at radius 2 is 1.64 bits per heavy atom. The molecule has 230 valence electrons. The number of methoxy groups -OCH3 is 1. The maximum absolute atomic E-state index is 14.1. The van der Waals surface area contributed by atoms with Crippen LogP contribution in [-0.4, -0.2) is 51.7 Å². The minimum atomic E-state index is -0.551. The summed E-state index contributed by atoms with van der Waals surface area (Å²) < 4.78 is 19.2. The van der Waals surface area contributed by atoms with Crippen LogP contribution >= 0.6 is 0 Å². The Hall–Kier alpha value is -5.51. The van der Waals surface area contributed by atoms with Crippen LogP contribution in [0.5, 0.6) is 5.75 Å². The van der Waals surface area contributed by atoms with Gasteiger partial charge in [-0.05, 0) is 54.8 Å². The molecule has 5 aromatic rings. The third-order valence-electron chi connectivity index (χ3n) is 7.79. The number of benzene rings is 4. The fraction of sp³-hybridized carbons (Fsp3) is 0.200. The van der Waals surface area contributed by atoms with Gasteiger partial charge in [-0.15, -0.1) is 0 Å². The molecule has 5 rings (SSSR count). The van der Waals surface area contributed by atoms with Gasteiger partial charge in [-0.1, -0.05) is 54.6 Å². The number of halogens is 1. The number of nitro groups is 1. The lowest BCUT2D eigenvalue weighted by Gasteiger charge is -2.28. The van der Waals surface area contributed by atoms with Gasteiger partial charge in [0.2, 0.25) is 5.91 Å². The van der Waals surface area contributed by atoms with Gasteiger partial charge < -0.3 is 19.5 Å². The number of para-hydroxylation sites is 2. The Kier molecular flexibility index (Phi) is 9.52. The lowest BCUT2D eigenvalue weighted by atomic mass is 10.1. The van der Waals surface area contributed by atoms with Gasteiger partial charge in [0.05, 0.1) is 12.0 Å². The van der Waals surface area contributed by atoms with Crippen LogP contribution < -0.4 is 4.74 Å². The standard InChI is InChI=1S/C35H33FN4O5/c1-24-11-14-26(19-32(24)40(43)44)35(42)39(21-25-12-15-29(36)16-13-25)23-34(41)38(22-28-7-3-6-10-33(28)45-2)18-17-27-20-37-31-9-5-4-8-30(27)31/h3-16,19-20,37H,17-18,21-23H2,1-2H3. The van der Waals surface area contributed by atoms with Crippen LogP contribution in [0.25, 0.3) is 10.9 Å². The van der Waals surface area contributed by atoms with Crippen LogP contribution in [0.15, 0.2) is 97.2 Å². The maximum atomic E-state index is 14.1. The van der Waals surface area contributed by atoms with Gasteiger partial charge in [0.25, 0.3) is 11.6 Å². The van der Waals surface area contributed by atoms with Gasteiger partial charge in [-0.3, -0.25) is 19.7 Å². The third-order valence-corrected chi connectivity index (χ3v) is 7.79. The Morgan fingerprint density at radius 3 is 2.40 bits per heavy atom. The zero-order valence-corrected chi connectivity index (χ0v) is 25.0. The molecule has 45 heavy (non-hydrogen) atoms. The second-order valence-corrected chi connectivity index (χ2v) is 10.8. The summed E-state index contributed by atoms with van der Waals surface area (Å²) in [5, 5.41) is 12.7. The molecule has 9 nitrogen and oxygen atoms in total. The molecule has 0 unspecified atom stereocenters. The molecule has 0 saturated carbocycles. The number of rotatable bonds is 12. The number of amides is 2. The van der Waals surface area contributed by atoms with Crippen molar-refractivity contribution in [2.45, 2.75) is 26.4 Å². The molecule has 0 spiro atoms. The van der Waals surface area contributed by atoms with Crippen LogP contribution in [0.4, 0.5) is 10.1 Å². The average molecular weight is 609 g/mol. The van der Waals surface area contributed by atoms with E-state index in [1.165, 1.54) is 35.2 Å². The molecule has 0 aliphatic carbocycles. The second kappa shape index (κ2) is 13.9. The number of carbonyl (C=O) groups is 2. The zero-order chi connectivity index (χ0) is 31.9. The number of ether oxygens (including phenoxy) is 1. The summed E-state index contributed by atoms with van der Waals surface area (Å²) in [6.07, 6.45) is 2.49. The number of aromatic nitrogens is 1. The van der Waals surface area contributed by atoms with Gasteiger partial charge in [-0.25, -0.2) is 4.39 Å². The molecule has 1 heterocycles. The summed E-state index contributed by atoms with van der Waals surface area (Å²) in [5.41, 5.74) is 3.76. The Morgan fingerprint density at radius 1 is 0.911 bits per heavy atom. The van der Waals surface area contributed by atoms with E-state index >= 15 is 0 Å². The molecule has 2 amide bonds. The molecule has 10 heteroatoms. The molecule has 0 aliphatic heterocycles. The third kappa shape index (κ3) is 7.35. The number of nitro benzene ring substituents is 1. The largest absolute Gasteiger partial charge is 0.496 e. The van der Waals surface area contributed by atoms with Crippen molar-refractivity contribution in [3.05, 3.63) is 141 Å². The van der Waals surface area contributed by atoms with E-state index in [0.717, 1.165) is 22.0 Å². The molecule has 0 aliphatic rings. The van der Waals surface area contributed by atoms with Crippen molar-refractivity contribution in [1.29, 1.82) is 0 Å². The molecule has 0 atom stereocenters. The Labute approximate surface area is 260 Å². The highest BCUT2D eigenvalue weighted by Crippen LogP contribution is 2.24. The molecular weight excluding hydrogens is 575 g/mol. The van der Waals surface area contributed by atoms with E-state index in [-0.39, 0.29) is 36.8 Å². The first-order valence-electron chi connectivity index (χ1n) is 14.5. The molecule has 0 saturated heterocycles. The van der Waals surface area contributed by atoms with Crippen molar-refractivity contribution in [2.24, 2.45) is 0 Å². The van der Waals surface area contributed by atoms with Crippen molar-refractivity contribution in [3.63, 3.8) is 0 Å². The number of aromatic amines is 1. The Balaban J connectivity index is 1.45. The van der Waals surface area contributed by atoms with Crippen LogP contribution in [0.3, 0.4) is 0 Å². The normalized spacial score (nSPS) is 10.9. The molecule has 0 fully saturated rings. The van der Waals surface area contributed by atoms with Gasteiger partial charge in [0.1, 0.15) is 18.1 Å². The van der Waals surface area contributed by atoms with Crippen LogP contribution in [0.1, 0.15) is 32.6 Å². The summed E-state index contributed by atoms with van der Waals surface area (Å²) in [4.78, 5) is 45.3. The topological polar surface area (TPSA) is 109 Å². The average Bonchev–Trinajstić information content (AvgIpc) is 3.46. The monoisotopic (exact) mass is 608 g/mol. The Bertz CT molecular complexity index is 1840. The summed E-state index contributed by atoms with van der Waals surface area (Å²) in [6.45, 7) is 1.88. The van der Waals surface area contributed by atoms with E-state index in [2.05, 4.69) is 4.98 Å². The van der Waals surface area contributed by atoms with Crippen LogP contribution in [0, 0.1) is 22.9 Å². The van der Waals surface area contributed by atoms with Crippen molar-refractivity contribution in [1.82, 2.24) is 14.8 Å². The summed E-state index contributed by atoms with van der Waals surface area (Å²) >= 11 is 0. The molecule has 0 radical (unpaired) electrons. The SMILES string of the molecule is COc1ccccc1CN(CCc1c[nH]c2ccccc12)C(=O)CN(Cc1ccc(F)cc1)C(=O)c1ccc(C)c([N+](=O)[O-])c1. The summed E-state index contributed by atoms with van der Waals surface area (Å²) in [7, 11) is 1.57. The predicted octanol–water partition coefficient (Wildman–Crippen LogP) is 6.45. The van der Waals surface area contributed by atoms with Crippen LogP contribution in [-0.2, 0) is 24.3 Å². The predicted molar refractivity (Wildman–Crippen MR) is 169 cm³/mol. The number of fused-ring (bicyclic) bond motifs is 1. The summed E-state index contributed by atoms with van der Waals surface area (Å²) in [5.74, 6) is -0.668. The van der Waals surface area contributed by atoms with Crippen molar-refractivity contribution >= 4 is 28.4 Å². The van der Waals surface area contributed by atoms with Crippen molar-refractivity contribution in [3.8, 4) is 5.75 Å². The number of aryl methyl sites for hydroxylation is 1.